The number of fused-ring (bicyclic) bond motifs is 11. The number of allylic oxidation sites excluding steroid dienone is 2. The molecule has 4 aliphatic rings. The fourth-order valence-corrected chi connectivity index (χ4v) is 11.3. The standard InChI is InChI=1S/C52H49BN2O/c1-12-13-17-38-29(2)43(51(9,10)11)48-54(38)40-26-25-35-45-47(40)55(48)39-18-15-20-42-46(39)53(45)44-34(16-14-19-41(44)56-42)52(35)36-27-30(49(3,4)5)21-23-32(36)33-24-22-31(28-37(33)52)50(6,7)8/h12-28H,1H2,2-11H3/b17-13-. The maximum atomic E-state index is 7.11. The van der Waals surface area contributed by atoms with E-state index in [1.54, 1.807) is 0 Å². The summed E-state index contributed by atoms with van der Waals surface area (Å²) in [5.41, 5.74) is 23.0. The van der Waals surface area contributed by atoms with E-state index in [1.165, 1.54) is 100 Å². The Kier molecular flexibility index (Phi) is 6.33. The number of hydrogen-bond acceptors (Lipinski definition) is 1. The van der Waals surface area contributed by atoms with E-state index >= 15 is 0 Å². The number of hydrogen-bond donors (Lipinski definition) is 0. The molecule has 0 saturated heterocycles. The third-order valence-corrected chi connectivity index (χ3v) is 13.6. The lowest BCUT2D eigenvalue weighted by atomic mass is 9.29. The number of imidazole rings is 1. The number of aromatic nitrogens is 2. The summed E-state index contributed by atoms with van der Waals surface area (Å²) in [4.78, 5) is 0. The first-order valence-electron chi connectivity index (χ1n) is 20.4. The van der Waals surface area contributed by atoms with Gasteiger partial charge in [-0.25, -0.2) is 0 Å². The van der Waals surface area contributed by atoms with Gasteiger partial charge in [-0.1, -0.05) is 142 Å². The van der Waals surface area contributed by atoms with Crippen molar-refractivity contribution >= 4 is 45.9 Å². The SMILES string of the molecule is C=C/C=C\c1c(C)c(C(C)(C)C)c2n3c4c5c(ccc4n12)C1(c2cc(C(C)(C)C)ccc2-c2ccc(C(C)(C)C)cc21)c1cccc2c1B5c1c(cccc1-3)O2. The van der Waals surface area contributed by atoms with Crippen molar-refractivity contribution in [1.29, 1.82) is 0 Å². The number of ether oxygens (including phenoxy) is 1. The average molecular weight is 729 g/mol. The van der Waals surface area contributed by atoms with E-state index in [1.807, 2.05) is 6.08 Å². The molecule has 3 aliphatic heterocycles. The summed E-state index contributed by atoms with van der Waals surface area (Å²) in [6.07, 6.45) is 6.23. The Balaban J connectivity index is 1.41. The molecule has 0 unspecified atom stereocenters. The molecule has 11 rings (SSSR count). The van der Waals surface area contributed by atoms with Crippen LogP contribution in [0.3, 0.4) is 0 Å². The molecule has 0 fully saturated rings. The molecule has 7 aromatic rings. The molecule has 0 amide bonds. The Hall–Kier alpha value is -5.48. The maximum absolute atomic E-state index is 7.11. The van der Waals surface area contributed by atoms with Gasteiger partial charge >= 0.3 is 0 Å². The minimum Gasteiger partial charge on any atom is -0.458 e. The second kappa shape index (κ2) is 10.5. The van der Waals surface area contributed by atoms with Gasteiger partial charge in [-0.3, -0.25) is 8.97 Å². The Morgan fingerprint density at radius 1 is 0.661 bits per heavy atom. The van der Waals surface area contributed by atoms with Crippen LogP contribution in [0.1, 0.15) is 113 Å². The van der Waals surface area contributed by atoms with Gasteiger partial charge in [-0.15, -0.1) is 0 Å². The third kappa shape index (κ3) is 3.91. The van der Waals surface area contributed by atoms with Gasteiger partial charge in [0.1, 0.15) is 17.1 Å². The van der Waals surface area contributed by atoms with Gasteiger partial charge in [0.25, 0.3) is 6.71 Å². The zero-order valence-corrected chi connectivity index (χ0v) is 34.4. The van der Waals surface area contributed by atoms with Crippen LogP contribution in [0.15, 0.2) is 104 Å². The van der Waals surface area contributed by atoms with Crippen molar-refractivity contribution in [2.75, 3.05) is 0 Å². The molecule has 3 nitrogen and oxygen atoms in total. The van der Waals surface area contributed by atoms with Crippen LogP contribution >= 0.6 is 0 Å². The first-order chi connectivity index (χ1) is 26.6. The van der Waals surface area contributed by atoms with Gasteiger partial charge in [0.15, 0.2) is 0 Å². The molecule has 0 N–H and O–H groups in total. The minimum absolute atomic E-state index is 0.0189. The lowest BCUT2D eigenvalue weighted by Crippen LogP contribution is -2.65. The summed E-state index contributed by atoms with van der Waals surface area (Å²) in [5.74, 6) is 1.93. The molecule has 0 bridgehead atoms. The highest BCUT2D eigenvalue weighted by atomic mass is 16.5. The molecule has 4 heteroatoms. The van der Waals surface area contributed by atoms with Crippen molar-refractivity contribution in [3.8, 4) is 28.3 Å². The van der Waals surface area contributed by atoms with Crippen molar-refractivity contribution in [3.05, 3.63) is 154 Å². The van der Waals surface area contributed by atoms with Crippen LogP contribution in [0.5, 0.6) is 11.5 Å². The molecular formula is C52H49BN2O. The summed E-state index contributed by atoms with van der Waals surface area (Å²) < 4.78 is 12.3. The molecule has 56 heavy (non-hydrogen) atoms. The first-order valence-corrected chi connectivity index (χ1v) is 20.4. The van der Waals surface area contributed by atoms with E-state index in [0.717, 1.165) is 11.5 Å². The predicted octanol–water partition coefficient (Wildman–Crippen LogP) is 10.9. The van der Waals surface area contributed by atoms with Crippen LogP contribution in [0.2, 0.25) is 0 Å². The Bertz CT molecular complexity index is 2920. The van der Waals surface area contributed by atoms with Crippen molar-refractivity contribution in [1.82, 2.24) is 8.97 Å². The van der Waals surface area contributed by atoms with Crippen molar-refractivity contribution in [2.24, 2.45) is 0 Å². The van der Waals surface area contributed by atoms with Crippen molar-refractivity contribution in [3.63, 3.8) is 0 Å². The van der Waals surface area contributed by atoms with Gasteiger partial charge in [0.05, 0.1) is 22.1 Å². The number of nitrogens with zero attached hydrogens (tertiary/aromatic N) is 2. The molecule has 0 radical (unpaired) electrons. The normalized spacial score (nSPS) is 15.6. The van der Waals surface area contributed by atoms with Crippen molar-refractivity contribution in [2.45, 2.75) is 90.9 Å². The molecular weight excluding hydrogens is 679 g/mol. The highest BCUT2D eigenvalue weighted by Crippen LogP contribution is 2.59. The van der Waals surface area contributed by atoms with Crippen LogP contribution in [-0.2, 0) is 21.7 Å². The van der Waals surface area contributed by atoms with Crippen LogP contribution in [0, 0.1) is 6.92 Å². The van der Waals surface area contributed by atoms with Gasteiger partial charge in [0, 0.05) is 11.3 Å². The van der Waals surface area contributed by atoms with Crippen LogP contribution < -0.4 is 21.1 Å². The largest absolute Gasteiger partial charge is 0.458 e. The minimum atomic E-state index is -0.552. The highest BCUT2D eigenvalue weighted by Gasteiger charge is 2.57. The summed E-state index contributed by atoms with van der Waals surface area (Å²) >= 11 is 0. The molecule has 0 saturated carbocycles. The molecule has 1 spiro atoms. The van der Waals surface area contributed by atoms with Gasteiger partial charge in [0.2, 0.25) is 0 Å². The van der Waals surface area contributed by atoms with E-state index in [9.17, 15) is 0 Å². The lowest BCUT2D eigenvalue weighted by Gasteiger charge is -2.46. The van der Waals surface area contributed by atoms with Gasteiger partial charge in [-0.05, 0) is 120 Å². The van der Waals surface area contributed by atoms with Crippen LogP contribution in [-0.4, -0.2) is 15.7 Å². The summed E-state index contributed by atoms with van der Waals surface area (Å²) in [6.45, 7) is 27.5. The van der Waals surface area contributed by atoms with Gasteiger partial charge in [-0.2, -0.15) is 0 Å². The topological polar surface area (TPSA) is 18.6 Å². The van der Waals surface area contributed by atoms with E-state index in [0.29, 0.717) is 0 Å². The quantitative estimate of drug-likeness (QED) is 0.128. The smallest absolute Gasteiger partial charge is 0.257 e. The maximum Gasteiger partial charge on any atom is 0.257 e. The van der Waals surface area contributed by atoms with Gasteiger partial charge < -0.3 is 4.74 Å². The highest BCUT2D eigenvalue weighted by molar-refractivity contribution is 7.00. The van der Waals surface area contributed by atoms with E-state index < -0.39 is 5.41 Å². The average Bonchev–Trinajstić information content (AvgIpc) is 3.73. The van der Waals surface area contributed by atoms with Crippen molar-refractivity contribution < 1.29 is 4.74 Å². The summed E-state index contributed by atoms with van der Waals surface area (Å²) in [5, 5.41) is 0. The Labute approximate surface area is 331 Å². The molecule has 5 aromatic carbocycles. The first kappa shape index (κ1) is 33.8. The fourth-order valence-electron chi connectivity index (χ4n) is 11.3. The Morgan fingerprint density at radius 3 is 1.88 bits per heavy atom. The van der Waals surface area contributed by atoms with E-state index in [2.05, 4.69) is 182 Å². The van der Waals surface area contributed by atoms with E-state index in [4.69, 9.17) is 4.74 Å². The zero-order chi connectivity index (χ0) is 39.0. The monoisotopic (exact) mass is 728 g/mol. The van der Waals surface area contributed by atoms with Crippen LogP contribution in [0.4, 0.5) is 0 Å². The molecule has 1 aliphatic carbocycles. The van der Waals surface area contributed by atoms with Crippen LogP contribution in [0.25, 0.3) is 39.6 Å². The molecule has 2 aromatic heterocycles. The summed E-state index contributed by atoms with van der Waals surface area (Å²) in [6, 6.07) is 33.2. The zero-order valence-electron chi connectivity index (χ0n) is 34.4. The second-order valence-electron chi connectivity index (χ2n) is 19.8. The molecule has 5 heterocycles. The lowest BCUT2D eigenvalue weighted by molar-refractivity contribution is 0.485. The Morgan fingerprint density at radius 2 is 1.27 bits per heavy atom. The predicted molar refractivity (Wildman–Crippen MR) is 236 cm³/mol. The molecule has 0 atom stereocenters. The number of benzene rings is 5. The third-order valence-electron chi connectivity index (χ3n) is 13.6. The van der Waals surface area contributed by atoms with E-state index in [-0.39, 0.29) is 23.0 Å². The number of rotatable bonds is 2. The summed E-state index contributed by atoms with van der Waals surface area (Å²) in [7, 11) is 0. The second-order valence-corrected chi connectivity index (χ2v) is 19.8. The molecule has 276 valence electrons. The fraction of sp³-hybridized carbons (Fsp3) is 0.269.